The van der Waals surface area contributed by atoms with Crippen molar-refractivity contribution in [1.29, 1.82) is 0 Å². The topological polar surface area (TPSA) is 39.4 Å². The molecule has 1 aliphatic carbocycles. The summed E-state index contributed by atoms with van der Waals surface area (Å²) in [5.74, 6) is 0.524. The molecule has 0 aliphatic heterocycles. The normalized spacial score (nSPS) is 13.9. The standard InChI is InChI=1S/C22H19ClO3/c23-19-13-18-16-10-4-5-11-17(16)22(24)26-20(18)14-21(19)25-12-6-9-15-7-2-1-3-8-15/h1-3,6-9,13-14H,4-5,10-12H2. The van der Waals surface area contributed by atoms with Crippen LogP contribution in [-0.4, -0.2) is 6.61 Å². The second-order valence-corrected chi connectivity index (χ2v) is 6.86. The van der Waals surface area contributed by atoms with Gasteiger partial charge in [-0.3, -0.25) is 0 Å². The number of benzene rings is 2. The predicted octanol–water partition coefficient (Wildman–Crippen LogP) is 5.42. The summed E-state index contributed by atoms with van der Waals surface area (Å²) in [6, 6.07) is 13.6. The molecule has 0 bridgehead atoms. The van der Waals surface area contributed by atoms with Crippen LogP contribution in [0.25, 0.3) is 17.0 Å². The number of rotatable bonds is 4. The number of fused-ring (bicyclic) bond motifs is 3. The van der Waals surface area contributed by atoms with E-state index in [2.05, 4.69) is 0 Å². The maximum Gasteiger partial charge on any atom is 0.339 e. The summed E-state index contributed by atoms with van der Waals surface area (Å²) in [5.41, 5.74) is 3.31. The summed E-state index contributed by atoms with van der Waals surface area (Å²) in [5, 5.41) is 1.46. The Morgan fingerprint density at radius 1 is 1.08 bits per heavy atom. The molecule has 0 unspecified atom stereocenters. The first kappa shape index (κ1) is 16.9. The minimum atomic E-state index is -0.232. The Balaban J connectivity index is 1.59. The van der Waals surface area contributed by atoms with Crippen molar-refractivity contribution in [2.24, 2.45) is 0 Å². The van der Waals surface area contributed by atoms with E-state index in [1.54, 1.807) is 6.07 Å². The average molecular weight is 367 g/mol. The second-order valence-electron chi connectivity index (χ2n) is 6.46. The molecule has 3 aromatic rings. The van der Waals surface area contributed by atoms with Gasteiger partial charge in [-0.1, -0.05) is 48.0 Å². The SMILES string of the molecule is O=c1oc2cc(OCC=Cc3ccccc3)c(Cl)cc2c2c1CCCC2. The van der Waals surface area contributed by atoms with Gasteiger partial charge in [0.1, 0.15) is 17.9 Å². The molecule has 4 rings (SSSR count). The molecule has 1 aromatic heterocycles. The summed E-state index contributed by atoms with van der Waals surface area (Å²) in [6.07, 6.45) is 7.73. The Hall–Kier alpha value is -2.52. The molecule has 0 saturated carbocycles. The van der Waals surface area contributed by atoms with Crippen molar-refractivity contribution >= 4 is 28.6 Å². The summed E-state index contributed by atoms with van der Waals surface area (Å²) < 4.78 is 11.3. The zero-order valence-electron chi connectivity index (χ0n) is 14.3. The summed E-state index contributed by atoms with van der Waals surface area (Å²) in [7, 11) is 0. The number of halogens is 1. The molecular formula is C22H19ClO3. The molecule has 3 nitrogen and oxygen atoms in total. The zero-order valence-corrected chi connectivity index (χ0v) is 15.1. The third kappa shape index (κ3) is 3.40. The Labute approximate surface area is 156 Å². The minimum Gasteiger partial charge on any atom is -0.488 e. The molecule has 4 heteroatoms. The highest BCUT2D eigenvalue weighted by Crippen LogP contribution is 2.34. The van der Waals surface area contributed by atoms with Gasteiger partial charge < -0.3 is 9.15 Å². The lowest BCUT2D eigenvalue weighted by Crippen LogP contribution is -2.15. The van der Waals surface area contributed by atoms with Crippen LogP contribution in [0.5, 0.6) is 5.75 Å². The van der Waals surface area contributed by atoms with Crippen LogP contribution in [0.4, 0.5) is 0 Å². The van der Waals surface area contributed by atoms with Crippen LogP contribution in [0.2, 0.25) is 5.02 Å². The lowest BCUT2D eigenvalue weighted by molar-refractivity contribution is 0.363. The van der Waals surface area contributed by atoms with E-state index >= 15 is 0 Å². The highest BCUT2D eigenvalue weighted by Gasteiger charge is 2.19. The second kappa shape index (κ2) is 7.38. The Morgan fingerprint density at radius 3 is 2.65 bits per heavy atom. The molecule has 0 atom stereocenters. The Kier molecular flexibility index (Phi) is 4.81. The monoisotopic (exact) mass is 366 g/mol. The number of hydrogen-bond acceptors (Lipinski definition) is 3. The maximum absolute atomic E-state index is 12.2. The van der Waals surface area contributed by atoms with Crippen molar-refractivity contribution in [1.82, 2.24) is 0 Å². The van der Waals surface area contributed by atoms with Crippen molar-refractivity contribution in [2.45, 2.75) is 25.7 Å². The Morgan fingerprint density at radius 2 is 1.85 bits per heavy atom. The molecule has 1 aliphatic rings. The van der Waals surface area contributed by atoms with E-state index in [1.807, 2.05) is 48.6 Å². The lowest BCUT2D eigenvalue weighted by Gasteiger charge is -2.17. The summed E-state index contributed by atoms with van der Waals surface area (Å²) in [4.78, 5) is 12.2. The van der Waals surface area contributed by atoms with Crippen molar-refractivity contribution in [3.63, 3.8) is 0 Å². The van der Waals surface area contributed by atoms with Crippen LogP contribution in [0.1, 0.15) is 29.5 Å². The number of ether oxygens (including phenoxy) is 1. The molecule has 0 amide bonds. The number of aryl methyl sites for hydroxylation is 1. The highest BCUT2D eigenvalue weighted by atomic mass is 35.5. The van der Waals surface area contributed by atoms with Gasteiger partial charge in [-0.05, 0) is 49.0 Å². The molecule has 2 aromatic carbocycles. The lowest BCUT2D eigenvalue weighted by atomic mass is 9.91. The van der Waals surface area contributed by atoms with E-state index in [-0.39, 0.29) is 5.63 Å². The third-order valence-electron chi connectivity index (χ3n) is 4.72. The van der Waals surface area contributed by atoms with Gasteiger partial charge in [0, 0.05) is 17.0 Å². The van der Waals surface area contributed by atoms with Gasteiger partial charge in [-0.2, -0.15) is 0 Å². The molecule has 0 saturated heterocycles. The van der Waals surface area contributed by atoms with Crippen LogP contribution in [0, 0.1) is 0 Å². The molecule has 1 heterocycles. The van der Waals surface area contributed by atoms with Gasteiger partial charge in [0.05, 0.1) is 5.02 Å². The maximum atomic E-state index is 12.2. The fourth-order valence-electron chi connectivity index (χ4n) is 3.44. The molecule has 0 fully saturated rings. The van der Waals surface area contributed by atoms with Crippen LogP contribution >= 0.6 is 11.6 Å². The van der Waals surface area contributed by atoms with Gasteiger partial charge in [0.15, 0.2) is 0 Å². The fourth-order valence-corrected chi connectivity index (χ4v) is 3.66. The summed E-state index contributed by atoms with van der Waals surface area (Å²) in [6.45, 7) is 0.384. The molecule has 26 heavy (non-hydrogen) atoms. The van der Waals surface area contributed by atoms with Crippen molar-refractivity contribution < 1.29 is 9.15 Å². The quantitative estimate of drug-likeness (QED) is 0.579. The van der Waals surface area contributed by atoms with Gasteiger partial charge >= 0.3 is 5.63 Å². The van der Waals surface area contributed by atoms with Gasteiger partial charge in [0.25, 0.3) is 0 Å². The van der Waals surface area contributed by atoms with Crippen molar-refractivity contribution in [3.05, 3.63) is 80.7 Å². The van der Waals surface area contributed by atoms with Crippen LogP contribution in [0.3, 0.4) is 0 Å². The van der Waals surface area contributed by atoms with E-state index in [1.165, 1.54) is 0 Å². The molecular weight excluding hydrogens is 348 g/mol. The largest absolute Gasteiger partial charge is 0.488 e. The first-order chi connectivity index (χ1) is 12.7. The smallest absolute Gasteiger partial charge is 0.339 e. The van der Waals surface area contributed by atoms with E-state index in [0.29, 0.717) is 23.0 Å². The first-order valence-electron chi connectivity index (χ1n) is 8.85. The van der Waals surface area contributed by atoms with Gasteiger partial charge in [-0.25, -0.2) is 4.79 Å². The van der Waals surface area contributed by atoms with Gasteiger partial charge in [-0.15, -0.1) is 0 Å². The van der Waals surface area contributed by atoms with Crippen LogP contribution in [0.15, 0.2) is 57.8 Å². The van der Waals surface area contributed by atoms with E-state index in [9.17, 15) is 4.79 Å². The number of hydrogen-bond donors (Lipinski definition) is 0. The first-order valence-corrected chi connectivity index (χ1v) is 9.22. The Bertz CT molecular complexity index is 1020. The van der Waals surface area contributed by atoms with E-state index in [4.69, 9.17) is 20.8 Å². The zero-order chi connectivity index (χ0) is 17.9. The highest BCUT2D eigenvalue weighted by molar-refractivity contribution is 6.32. The van der Waals surface area contributed by atoms with Crippen LogP contribution < -0.4 is 10.4 Å². The molecule has 0 spiro atoms. The van der Waals surface area contributed by atoms with Gasteiger partial charge in [0.2, 0.25) is 0 Å². The van der Waals surface area contributed by atoms with Crippen molar-refractivity contribution in [2.75, 3.05) is 6.61 Å². The molecule has 132 valence electrons. The van der Waals surface area contributed by atoms with E-state index in [0.717, 1.165) is 47.8 Å². The van der Waals surface area contributed by atoms with E-state index < -0.39 is 0 Å². The summed E-state index contributed by atoms with van der Waals surface area (Å²) >= 11 is 6.41. The molecule has 0 N–H and O–H groups in total. The predicted molar refractivity (Wildman–Crippen MR) is 105 cm³/mol. The third-order valence-corrected chi connectivity index (χ3v) is 5.02. The van der Waals surface area contributed by atoms with Crippen molar-refractivity contribution in [3.8, 4) is 5.75 Å². The molecule has 0 radical (unpaired) electrons. The fraction of sp³-hybridized carbons (Fsp3) is 0.227. The van der Waals surface area contributed by atoms with Crippen LogP contribution in [-0.2, 0) is 12.8 Å². The minimum absolute atomic E-state index is 0.232. The average Bonchev–Trinajstić information content (AvgIpc) is 2.67.